The SMILES string of the molecule is Cc1[nH]c(C(=O)Nc2ccc(-c3n[nH]c(=O)o3)cc2NC2CCNCC2)c(Cl)c1Cl. The van der Waals surface area contributed by atoms with Crippen molar-refractivity contribution in [2.45, 2.75) is 25.8 Å². The first-order valence-electron chi connectivity index (χ1n) is 9.44. The molecule has 1 amide bonds. The van der Waals surface area contributed by atoms with E-state index < -0.39 is 11.7 Å². The maximum atomic E-state index is 12.8. The standard InChI is InChI=1S/C19H20Cl2N6O3/c1-9-14(20)15(21)16(23-9)17(28)25-12-3-2-10(18-26-27-19(29)30-18)8-13(12)24-11-4-6-22-7-5-11/h2-3,8,11,22-24H,4-7H2,1H3,(H,25,28)(H,27,29). The topological polar surface area (TPSA) is 128 Å². The number of amides is 1. The number of H-pyrrole nitrogens is 2. The Kier molecular flexibility index (Phi) is 5.85. The average Bonchev–Trinajstić information content (AvgIpc) is 3.28. The highest BCUT2D eigenvalue weighted by Crippen LogP contribution is 2.32. The third kappa shape index (κ3) is 4.23. The van der Waals surface area contributed by atoms with Crippen LogP contribution in [0, 0.1) is 6.92 Å². The van der Waals surface area contributed by atoms with E-state index in [-0.39, 0.29) is 22.6 Å². The van der Waals surface area contributed by atoms with Gasteiger partial charge in [-0.05, 0) is 51.1 Å². The molecule has 3 heterocycles. The molecule has 9 nitrogen and oxygen atoms in total. The number of benzene rings is 1. The molecule has 0 aliphatic carbocycles. The van der Waals surface area contributed by atoms with Crippen molar-refractivity contribution in [2.24, 2.45) is 0 Å². The first kappa shape index (κ1) is 20.5. The van der Waals surface area contributed by atoms with Crippen LogP contribution in [-0.4, -0.2) is 40.2 Å². The van der Waals surface area contributed by atoms with Gasteiger partial charge in [0.25, 0.3) is 5.91 Å². The van der Waals surface area contributed by atoms with Crippen molar-refractivity contribution in [1.29, 1.82) is 0 Å². The zero-order valence-corrected chi connectivity index (χ0v) is 17.6. The Morgan fingerprint density at radius 1 is 1.20 bits per heavy atom. The fourth-order valence-electron chi connectivity index (χ4n) is 3.36. The third-order valence-electron chi connectivity index (χ3n) is 4.93. The van der Waals surface area contributed by atoms with Gasteiger partial charge in [-0.1, -0.05) is 23.2 Å². The fourth-order valence-corrected chi connectivity index (χ4v) is 3.77. The highest BCUT2D eigenvalue weighted by Gasteiger charge is 2.21. The summed E-state index contributed by atoms with van der Waals surface area (Å²) in [6, 6.07) is 5.44. The zero-order valence-electron chi connectivity index (χ0n) is 16.1. The number of aryl methyl sites for hydroxylation is 1. The third-order valence-corrected chi connectivity index (χ3v) is 5.88. The highest BCUT2D eigenvalue weighted by molar-refractivity contribution is 6.44. The van der Waals surface area contributed by atoms with Crippen LogP contribution in [0.25, 0.3) is 11.5 Å². The van der Waals surface area contributed by atoms with Crippen LogP contribution >= 0.6 is 23.2 Å². The number of aromatic nitrogens is 3. The van der Waals surface area contributed by atoms with Crippen molar-refractivity contribution in [1.82, 2.24) is 20.5 Å². The number of hydrogen-bond donors (Lipinski definition) is 5. The van der Waals surface area contributed by atoms with E-state index in [0.29, 0.717) is 27.7 Å². The molecular formula is C19H20Cl2N6O3. The monoisotopic (exact) mass is 450 g/mol. The Labute approximate surface area is 181 Å². The molecule has 1 fully saturated rings. The number of carbonyl (C=O) groups is 1. The molecule has 0 atom stereocenters. The molecule has 0 bridgehead atoms. The number of nitrogens with zero attached hydrogens (tertiary/aromatic N) is 1. The molecule has 2 aromatic heterocycles. The zero-order chi connectivity index (χ0) is 21.3. The molecule has 158 valence electrons. The summed E-state index contributed by atoms with van der Waals surface area (Å²) < 4.78 is 5.05. The highest BCUT2D eigenvalue weighted by atomic mass is 35.5. The Morgan fingerprint density at radius 2 is 1.97 bits per heavy atom. The van der Waals surface area contributed by atoms with Gasteiger partial charge in [0.05, 0.1) is 21.4 Å². The van der Waals surface area contributed by atoms with Gasteiger partial charge in [-0.3, -0.25) is 4.79 Å². The summed E-state index contributed by atoms with van der Waals surface area (Å²) in [5, 5.41) is 16.3. The van der Waals surface area contributed by atoms with Gasteiger partial charge in [0.2, 0.25) is 5.89 Å². The van der Waals surface area contributed by atoms with Crippen LogP contribution in [0.3, 0.4) is 0 Å². The average molecular weight is 451 g/mol. The molecule has 0 saturated carbocycles. The van der Waals surface area contributed by atoms with Crippen LogP contribution < -0.4 is 21.7 Å². The summed E-state index contributed by atoms with van der Waals surface area (Å²) in [6.07, 6.45) is 1.87. The number of anilines is 2. The minimum atomic E-state index is -0.635. The molecule has 4 rings (SSSR count). The fraction of sp³-hybridized carbons (Fsp3) is 0.316. The smallest absolute Gasteiger partial charge is 0.388 e. The number of rotatable bonds is 5. The van der Waals surface area contributed by atoms with Crippen LogP contribution in [0.4, 0.5) is 11.4 Å². The molecule has 1 aromatic carbocycles. The summed E-state index contributed by atoms with van der Waals surface area (Å²) in [4.78, 5) is 27.0. The van der Waals surface area contributed by atoms with Crippen LogP contribution in [0.15, 0.2) is 27.4 Å². The van der Waals surface area contributed by atoms with E-state index in [4.69, 9.17) is 27.6 Å². The van der Waals surface area contributed by atoms with Gasteiger partial charge >= 0.3 is 5.76 Å². The molecule has 0 radical (unpaired) electrons. The number of halogens is 2. The van der Waals surface area contributed by atoms with Crippen LogP contribution in [-0.2, 0) is 0 Å². The summed E-state index contributed by atoms with van der Waals surface area (Å²) in [6.45, 7) is 3.55. The second-order valence-corrected chi connectivity index (χ2v) is 7.81. The Bertz CT molecular complexity index is 1130. The predicted octanol–water partition coefficient (Wildman–Crippen LogP) is 3.39. The van der Waals surface area contributed by atoms with Gasteiger partial charge in [0, 0.05) is 17.3 Å². The largest absolute Gasteiger partial charge is 0.434 e. The lowest BCUT2D eigenvalue weighted by Crippen LogP contribution is -2.35. The van der Waals surface area contributed by atoms with Crippen LogP contribution in [0.1, 0.15) is 29.0 Å². The van der Waals surface area contributed by atoms with E-state index in [1.165, 1.54) is 0 Å². The second kappa shape index (κ2) is 8.55. The minimum absolute atomic E-state index is 0.168. The minimum Gasteiger partial charge on any atom is -0.388 e. The maximum Gasteiger partial charge on any atom is 0.434 e. The quantitative estimate of drug-likeness (QED) is 0.405. The van der Waals surface area contributed by atoms with Crippen molar-refractivity contribution < 1.29 is 9.21 Å². The first-order valence-corrected chi connectivity index (χ1v) is 10.2. The van der Waals surface area contributed by atoms with Crippen molar-refractivity contribution in [3.8, 4) is 11.5 Å². The predicted molar refractivity (Wildman–Crippen MR) is 116 cm³/mol. The Hall–Kier alpha value is -2.75. The van der Waals surface area contributed by atoms with E-state index in [9.17, 15) is 9.59 Å². The molecule has 1 aliphatic heterocycles. The lowest BCUT2D eigenvalue weighted by molar-refractivity contribution is 0.102. The second-order valence-electron chi connectivity index (χ2n) is 7.05. The number of piperidine rings is 1. The van der Waals surface area contributed by atoms with Gasteiger partial charge in [0.1, 0.15) is 5.69 Å². The van der Waals surface area contributed by atoms with E-state index in [2.05, 4.69) is 31.1 Å². The maximum absolute atomic E-state index is 12.8. The Balaban J connectivity index is 1.65. The molecule has 0 unspecified atom stereocenters. The number of nitrogens with one attached hydrogen (secondary N) is 5. The molecule has 3 aromatic rings. The van der Waals surface area contributed by atoms with Crippen molar-refractivity contribution >= 4 is 40.5 Å². The summed E-state index contributed by atoms with van der Waals surface area (Å²) in [5.41, 5.74) is 2.64. The number of aromatic amines is 2. The van der Waals surface area contributed by atoms with Crippen LogP contribution in [0.5, 0.6) is 0 Å². The summed E-state index contributed by atoms with van der Waals surface area (Å²) in [7, 11) is 0. The Morgan fingerprint density at radius 3 is 2.60 bits per heavy atom. The van der Waals surface area contributed by atoms with Gasteiger partial charge in [0.15, 0.2) is 0 Å². The van der Waals surface area contributed by atoms with Gasteiger partial charge in [-0.15, -0.1) is 5.10 Å². The van der Waals surface area contributed by atoms with Gasteiger partial charge < -0.3 is 25.4 Å². The summed E-state index contributed by atoms with van der Waals surface area (Å²) in [5.74, 6) is -0.882. The van der Waals surface area contributed by atoms with Gasteiger partial charge in [-0.2, -0.15) is 0 Å². The molecular weight excluding hydrogens is 431 g/mol. The van der Waals surface area contributed by atoms with E-state index in [1.54, 1.807) is 25.1 Å². The molecule has 1 saturated heterocycles. The summed E-state index contributed by atoms with van der Waals surface area (Å²) >= 11 is 12.3. The molecule has 5 N–H and O–H groups in total. The molecule has 1 aliphatic rings. The van der Waals surface area contributed by atoms with Crippen molar-refractivity contribution in [2.75, 3.05) is 23.7 Å². The van der Waals surface area contributed by atoms with Crippen molar-refractivity contribution in [3.05, 3.63) is 50.2 Å². The molecule has 11 heteroatoms. The van der Waals surface area contributed by atoms with E-state index in [1.807, 2.05) is 0 Å². The first-order chi connectivity index (χ1) is 14.4. The lowest BCUT2D eigenvalue weighted by atomic mass is 10.1. The van der Waals surface area contributed by atoms with E-state index >= 15 is 0 Å². The van der Waals surface area contributed by atoms with Gasteiger partial charge in [-0.25, -0.2) is 9.89 Å². The van der Waals surface area contributed by atoms with Crippen molar-refractivity contribution in [3.63, 3.8) is 0 Å². The molecule has 30 heavy (non-hydrogen) atoms. The number of hydrogen-bond acceptors (Lipinski definition) is 6. The van der Waals surface area contributed by atoms with Crippen LogP contribution in [0.2, 0.25) is 10.0 Å². The normalized spacial score (nSPS) is 14.6. The van der Waals surface area contributed by atoms with E-state index in [0.717, 1.165) is 25.9 Å². The number of carbonyl (C=O) groups excluding carboxylic acids is 1. The lowest BCUT2D eigenvalue weighted by Gasteiger charge is -2.26. The molecule has 0 spiro atoms.